The smallest absolute Gasteiger partial charge is 0.250 e. The highest BCUT2D eigenvalue weighted by molar-refractivity contribution is 7.22. The fourth-order valence-corrected chi connectivity index (χ4v) is 3.73. The molecule has 26 heavy (non-hydrogen) atoms. The van der Waals surface area contributed by atoms with Gasteiger partial charge in [-0.15, -0.1) is 0 Å². The van der Waals surface area contributed by atoms with E-state index in [0.717, 1.165) is 27.2 Å². The zero-order chi connectivity index (χ0) is 18.3. The second kappa shape index (κ2) is 6.45. The molecule has 3 aromatic rings. The number of anilines is 1. The van der Waals surface area contributed by atoms with Crippen molar-refractivity contribution in [3.05, 3.63) is 35.2 Å². The molecule has 0 aliphatic carbocycles. The van der Waals surface area contributed by atoms with Gasteiger partial charge in [-0.05, 0) is 19.9 Å². The first-order valence-corrected chi connectivity index (χ1v) is 9.02. The molecule has 0 atom stereocenters. The topological polar surface area (TPSA) is 78.3 Å². The number of rotatable bonds is 3. The fraction of sp³-hybridized carbons (Fsp3) is 0.278. The highest BCUT2D eigenvalue weighted by Crippen LogP contribution is 2.37. The van der Waals surface area contributed by atoms with Gasteiger partial charge in [0, 0.05) is 36.5 Å². The van der Waals surface area contributed by atoms with E-state index >= 15 is 0 Å². The van der Waals surface area contributed by atoms with Crippen molar-refractivity contribution >= 4 is 38.7 Å². The molecule has 0 saturated carbocycles. The van der Waals surface area contributed by atoms with Crippen LogP contribution in [0.3, 0.4) is 0 Å². The highest BCUT2D eigenvalue weighted by atomic mass is 32.1. The van der Waals surface area contributed by atoms with Crippen LogP contribution in [0.5, 0.6) is 11.5 Å². The second-order valence-electron chi connectivity index (χ2n) is 6.01. The monoisotopic (exact) mass is 370 g/mol. The van der Waals surface area contributed by atoms with Crippen molar-refractivity contribution in [1.82, 2.24) is 14.8 Å². The van der Waals surface area contributed by atoms with Gasteiger partial charge < -0.3 is 9.47 Å². The van der Waals surface area contributed by atoms with Gasteiger partial charge in [0.05, 0.1) is 15.9 Å². The second-order valence-corrected chi connectivity index (χ2v) is 7.04. The number of thiazole rings is 1. The van der Waals surface area contributed by atoms with Gasteiger partial charge in [-0.3, -0.25) is 14.8 Å². The van der Waals surface area contributed by atoms with Crippen molar-refractivity contribution in [2.45, 2.75) is 13.8 Å². The minimum absolute atomic E-state index is 0.232. The SMILES string of the molecule is Cc1nn(C)c(C)c1/C=C/C(=O)Nc1nc2cc3c(cc2s1)OCCO3. The molecule has 1 aliphatic rings. The average molecular weight is 370 g/mol. The number of aryl methyl sites for hydroxylation is 2. The summed E-state index contributed by atoms with van der Waals surface area (Å²) in [6.07, 6.45) is 3.28. The summed E-state index contributed by atoms with van der Waals surface area (Å²) in [4.78, 5) is 16.7. The van der Waals surface area contributed by atoms with Crippen LogP contribution in [0.1, 0.15) is 17.0 Å². The third kappa shape index (κ3) is 3.03. The zero-order valence-corrected chi connectivity index (χ0v) is 15.5. The van der Waals surface area contributed by atoms with Gasteiger partial charge >= 0.3 is 0 Å². The Hall–Kier alpha value is -2.87. The van der Waals surface area contributed by atoms with Crippen LogP contribution in [0, 0.1) is 13.8 Å². The first kappa shape index (κ1) is 16.6. The molecule has 1 amide bonds. The molecule has 1 aliphatic heterocycles. The molecule has 0 fully saturated rings. The van der Waals surface area contributed by atoms with Crippen LogP contribution in [0.4, 0.5) is 5.13 Å². The van der Waals surface area contributed by atoms with E-state index in [-0.39, 0.29) is 5.91 Å². The Labute approximate surface area is 154 Å². The molecule has 2 aromatic heterocycles. The van der Waals surface area contributed by atoms with Crippen molar-refractivity contribution in [1.29, 1.82) is 0 Å². The van der Waals surface area contributed by atoms with Crippen LogP contribution in [-0.2, 0) is 11.8 Å². The number of ether oxygens (including phenoxy) is 2. The standard InChI is InChI=1S/C18H18N4O3S/c1-10-12(11(2)22(3)21-10)4-5-17(23)20-18-19-13-8-14-15(9-16(13)26-18)25-7-6-24-14/h4-5,8-9H,6-7H2,1-3H3,(H,19,20,23)/b5-4+. The molecule has 7 nitrogen and oxygen atoms in total. The average Bonchev–Trinajstić information content (AvgIpc) is 3.10. The largest absolute Gasteiger partial charge is 0.486 e. The summed E-state index contributed by atoms with van der Waals surface area (Å²) in [5, 5.41) is 7.69. The summed E-state index contributed by atoms with van der Waals surface area (Å²) in [5.41, 5.74) is 3.63. The minimum Gasteiger partial charge on any atom is -0.486 e. The number of hydrogen-bond donors (Lipinski definition) is 1. The molecule has 134 valence electrons. The molecule has 0 bridgehead atoms. The van der Waals surface area contributed by atoms with Crippen molar-refractivity contribution in [3.63, 3.8) is 0 Å². The van der Waals surface area contributed by atoms with E-state index in [9.17, 15) is 4.79 Å². The molecule has 8 heteroatoms. The molecule has 1 aromatic carbocycles. The van der Waals surface area contributed by atoms with E-state index in [4.69, 9.17) is 9.47 Å². The molecule has 0 unspecified atom stereocenters. The van der Waals surface area contributed by atoms with E-state index in [1.54, 1.807) is 10.8 Å². The number of benzene rings is 1. The van der Waals surface area contributed by atoms with Crippen molar-refractivity contribution in [2.24, 2.45) is 7.05 Å². The number of fused-ring (bicyclic) bond motifs is 2. The third-order valence-corrected chi connectivity index (χ3v) is 5.18. The van der Waals surface area contributed by atoms with Crippen molar-refractivity contribution < 1.29 is 14.3 Å². The Morgan fingerprint density at radius 1 is 1.27 bits per heavy atom. The lowest BCUT2D eigenvalue weighted by Crippen LogP contribution is -2.15. The quantitative estimate of drug-likeness (QED) is 0.717. The van der Waals surface area contributed by atoms with Crippen LogP contribution in [0.15, 0.2) is 18.2 Å². The fourth-order valence-electron chi connectivity index (χ4n) is 2.86. The Morgan fingerprint density at radius 2 is 2.00 bits per heavy atom. The van der Waals surface area contributed by atoms with Gasteiger partial charge in [0.2, 0.25) is 5.91 Å². The lowest BCUT2D eigenvalue weighted by molar-refractivity contribution is -0.111. The first-order valence-electron chi connectivity index (χ1n) is 8.20. The van der Waals surface area contributed by atoms with E-state index in [1.807, 2.05) is 33.0 Å². The van der Waals surface area contributed by atoms with Crippen molar-refractivity contribution in [2.75, 3.05) is 18.5 Å². The van der Waals surface area contributed by atoms with Gasteiger partial charge in [-0.2, -0.15) is 5.10 Å². The summed E-state index contributed by atoms with van der Waals surface area (Å²) in [6, 6.07) is 3.74. The molecule has 0 spiro atoms. The van der Waals surface area contributed by atoms with Crippen LogP contribution in [0.25, 0.3) is 16.3 Å². The third-order valence-electron chi connectivity index (χ3n) is 4.25. The molecular formula is C18H18N4O3S. The minimum atomic E-state index is -0.232. The number of amides is 1. The summed E-state index contributed by atoms with van der Waals surface area (Å²) >= 11 is 1.40. The normalized spacial score (nSPS) is 13.5. The molecular weight excluding hydrogens is 352 g/mol. The molecule has 0 radical (unpaired) electrons. The maximum atomic E-state index is 12.2. The number of carbonyl (C=O) groups is 1. The summed E-state index contributed by atoms with van der Waals surface area (Å²) in [5.74, 6) is 1.17. The summed E-state index contributed by atoms with van der Waals surface area (Å²) in [6.45, 7) is 4.96. The van der Waals surface area contributed by atoms with Gasteiger partial charge in [0.1, 0.15) is 13.2 Å². The Kier molecular flexibility index (Phi) is 4.12. The maximum absolute atomic E-state index is 12.2. The molecule has 4 rings (SSSR count). The molecule has 3 heterocycles. The Morgan fingerprint density at radius 3 is 2.69 bits per heavy atom. The zero-order valence-electron chi connectivity index (χ0n) is 14.7. The highest BCUT2D eigenvalue weighted by Gasteiger charge is 2.15. The van der Waals surface area contributed by atoms with Gasteiger partial charge in [-0.1, -0.05) is 11.3 Å². The van der Waals surface area contributed by atoms with E-state index in [2.05, 4.69) is 15.4 Å². The van der Waals surface area contributed by atoms with Crippen LogP contribution >= 0.6 is 11.3 Å². The number of nitrogens with zero attached hydrogens (tertiary/aromatic N) is 3. The van der Waals surface area contributed by atoms with Crippen LogP contribution in [0.2, 0.25) is 0 Å². The predicted molar refractivity (Wildman–Crippen MR) is 101 cm³/mol. The maximum Gasteiger partial charge on any atom is 0.250 e. The lowest BCUT2D eigenvalue weighted by atomic mass is 10.2. The van der Waals surface area contributed by atoms with Crippen LogP contribution in [-0.4, -0.2) is 33.9 Å². The number of aromatic nitrogens is 3. The molecule has 0 saturated heterocycles. The molecule has 1 N–H and O–H groups in total. The Balaban J connectivity index is 1.53. The predicted octanol–water partition coefficient (Wildman–Crippen LogP) is 3.07. The number of hydrogen-bond acceptors (Lipinski definition) is 6. The summed E-state index contributed by atoms with van der Waals surface area (Å²) in [7, 11) is 1.88. The lowest BCUT2D eigenvalue weighted by Gasteiger charge is -2.17. The number of nitrogens with one attached hydrogen (secondary N) is 1. The van der Waals surface area contributed by atoms with E-state index in [1.165, 1.54) is 17.4 Å². The van der Waals surface area contributed by atoms with E-state index < -0.39 is 0 Å². The van der Waals surface area contributed by atoms with Crippen molar-refractivity contribution in [3.8, 4) is 11.5 Å². The van der Waals surface area contributed by atoms with Gasteiger partial charge in [0.15, 0.2) is 16.6 Å². The van der Waals surface area contributed by atoms with Crippen LogP contribution < -0.4 is 14.8 Å². The van der Waals surface area contributed by atoms with E-state index in [0.29, 0.717) is 29.8 Å². The van der Waals surface area contributed by atoms with Gasteiger partial charge in [0.25, 0.3) is 0 Å². The first-order chi connectivity index (χ1) is 12.5. The number of carbonyl (C=O) groups excluding carboxylic acids is 1. The Bertz CT molecular complexity index is 992. The summed E-state index contributed by atoms with van der Waals surface area (Å²) < 4.78 is 13.9. The van der Waals surface area contributed by atoms with Gasteiger partial charge in [-0.25, -0.2) is 4.98 Å².